The molecule has 0 aromatic rings. The summed E-state index contributed by atoms with van der Waals surface area (Å²) < 4.78 is 0. The Labute approximate surface area is 98.2 Å². The predicted octanol–water partition coefficient (Wildman–Crippen LogP) is 1.81. The lowest BCUT2D eigenvalue weighted by Crippen LogP contribution is -2.44. The molecule has 16 heavy (non-hydrogen) atoms. The first-order valence-electron chi connectivity index (χ1n) is 6.72. The van der Waals surface area contributed by atoms with Crippen LogP contribution in [0.1, 0.15) is 51.9 Å². The predicted molar refractivity (Wildman–Crippen MR) is 64.9 cm³/mol. The molecule has 0 saturated heterocycles. The molecule has 0 aromatic carbocycles. The molecule has 2 aliphatic carbocycles. The summed E-state index contributed by atoms with van der Waals surface area (Å²) in [6.45, 7) is 2.19. The van der Waals surface area contributed by atoms with Gasteiger partial charge in [-0.15, -0.1) is 0 Å². The van der Waals surface area contributed by atoms with Crippen LogP contribution in [0.25, 0.3) is 0 Å². The van der Waals surface area contributed by atoms with E-state index in [4.69, 9.17) is 5.73 Å². The van der Waals surface area contributed by atoms with Crippen molar-refractivity contribution in [1.82, 2.24) is 5.32 Å². The van der Waals surface area contributed by atoms with Gasteiger partial charge in [-0.25, -0.2) is 0 Å². The van der Waals surface area contributed by atoms with Gasteiger partial charge in [0.2, 0.25) is 5.91 Å². The SMILES string of the molecule is CC1CCC(N)CC1C(=O)NC1CCCC1. The van der Waals surface area contributed by atoms with E-state index in [2.05, 4.69) is 12.2 Å². The lowest BCUT2D eigenvalue weighted by atomic mass is 9.77. The second-order valence-electron chi connectivity index (χ2n) is 5.65. The Bertz CT molecular complexity index is 248. The van der Waals surface area contributed by atoms with Crippen LogP contribution >= 0.6 is 0 Å². The van der Waals surface area contributed by atoms with Crippen LogP contribution in [-0.2, 0) is 4.79 Å². The summed E-state index contributed by atoms with van der Waals surface area (Å²) in [5.41, 5.74) is 5.95. The van der Waals surface area contributed by atoms with Crippen LogP contribution in [0, 0.1) is 11.8 Å². The third kappa shape index (κ3) is 2.76. The van der Waals surface area contributed by atoms with Crippen molar-refractivity contribution in [2.24, 2.45) is 17.6 Å². The van der Waals surface area contributed by atoms with E-state index in [1.165, 1.54) is 25.7 Å². The molecular weight excluding hydrogens is 200 g/mol. The van der Waals surface area contributed by atoms with E-state index < -0.39 is 0 Å². The normalized spacial score (nSPS) is 36.2. The van der Waals surface area contributed by atoms with Gasteiger partial charge in [0.1, 0.15) is 0 Å². The van der Waals surface area contributed by atoms with E-state index in [1.807, 2.05) is 0 Å². The van der Waals surface area contributed by atoms with Crippen molar-refractivity contribution in [2.45, 2.75) is 64.0 Å². The molecule has 3 nitrogen and oxygen atoms in total. The molecule has 0 bridgehead atoms. The molecule has 3 N–H and O–H groups in total. The van der Waals surface area contributed by atoms with Gasteiger partial charge in [-0.2, -0.15) is 0 Å². The number of nitrogens with one attached hydrogen (secondary N) is 1. The number of nitrogens with two attached hydrogens (primary N) is 1. The number of carbonyl (C=O) groups excluding carboxylic acids is 1. The molecule has 2 fully saturated rings. The minimum atomic E-state index is 0.157. The number of hydrogen-bond acceptors (Lipinski definition) is 2. The van der Waals surface area contributed by atoms with Crippen LogP contribution in [0.5, 0.6) is 0 Å². The lowest BCUT2D eigenvalue weighted by molar-refractivity contribution is -0.128. The van der Waals surface area contributed by atoms with E-state index in [1.54, 1.807) is 0 Å². The van der Waals surface area contributed by atoms with Crippen molar-refractivity contribution in [1.29, 1.82) is 0 Å². The Balaban J connectivity index is 1.86. The summed E-state index contributed by atoms with van der Waals surface area (Å²) >= 11 is 0. The molecule has 0 aromatic heterocycles. The fourth-order valence-corrected chi connectivity index (χ4v) is 3.10. The monoisotopic (exact) mass is 224 g/mol. The van der Waals surface area contributed by atoms with Gasteiger partial charge in [0.25, 0.3) is 0 Å². The maximum absolute atomic E-state index is 12.1. The fourth-order valence-electron chi connectivity index (χ4n) is 3.10. The zero-order valence-electron chi connectivity index (χ0n) is 10.2. The van der Waals surface area contributed by atoms with Gasteiger partial charge in [0.15, 0.2) is 0 Å². The maximum Gasteiger partial charge on any atom is 0.223 e. The number of carbonyl (C=O) groups is 1. The van der Waals surface area contributed by atoms with Crippen molar-refractivity contribution in [3.05, 3.63) is 0 Å². The topological polar surface area (TPSA) is 55.1 Å². The lowest BCUT2D eigenvalue weighted by Gasteiger charge is -2.32. The molecule has 0 heterocycles. The Morgan fingerprint density at radius 1 is 1.19 bits per heavy atom. The first-order valence-corrected chi connectivity index (χ1v) is 6.72. The van der Waals surface area contributed by atoms with E-state index in [0.29, 0.717) is 12.0 Å². The molecule has 92 valence electrons. The summed E-state index contributed by atoms with van der Waals surface area (Å²) in [4.78, 5) is 12.1. The van der Waals surface area contributed by atoms with Crippen LogP contribution in [0.3, 0.4) is 0 Å². The second-order valence-corrected chi connectivity index (χ2v) is 5.65. The summed E-state index contributed by atoms with van der Waals surface area (Å²) in [7, 11) is 0. The van der Waals surface area contributed by atoms with Gasteiger partial charge < -0.3 is 11.1 Å². The van der Waals surface area contributed by atoms with Crippen LogP contribution < -0.4 is 11.1 Å². The molecule has 3 atom stereocenters. The summed E-state index contributed by atoms with van der Waals surface area (Å²) in [5.74, 6) is 0.917. The van der Waals surface area contributed by atoms with Crippen molar-refractivity contribution in [3.8, 4) is 0 Å². The first kappa shape index (κ1) is 11.9. The average Bonchev–Trinajstić information content (AvgIpc) is 2.74. The zero-order valence-corrected chi connectivity index (χ0v) is 10.2. The molecule has 2 saturated carbocycles. The third-order valence-electron chi connectivity index (χ3n) is 4.27. The van der Waals surface area contributed by atoms with Crippen LogP contribution in [-0.4, -0.2) is 18.0 Å². The van der Waals surface area contributed by atoms with Crippen molar-refractivity contribution in [3.63, 3.8) is 0 Å². The number of amides is 1. The quantitative estimate of drug-likeness (QED) is 0.751. The van der Waals surface area contributed by atoms with Gasteiger partial charge in [0.05, 0.1) is 0 Å². The summed E-state index contributed by atoms with van der Waals surface area (Å²) in [5, 5.41) is 3.21. The van der Waals surface area contributed by atoms with Gasteiger partial charge >= 0.3 is 0 Å². The maximum atomic E-state index is 12.1. The minimum absolute atomic E-state index is 0.157. The van der Waals surface area contributed by atoms with Crippen molar-refractivity contribution >= 4 is 5.91 Å². The highest BCUT2D eigenvalue weighted by molar-refractivity contribution is 5.79. The van der Waals surface area contributed by atoms with Gasteiger partial charge in [-0.1, -0.05) is 19.8 Å². The zero-order chi connectivity index (χ0) is 11.5. The highest BCUT2D eigenvalue weighted by atomic mass is 16.2. The van der Waals surface area contributed by atoms with Gasteiger partial charge in [-0.3, -0.25) is 4.79 Å². The standard InChI is InChI=1S/C13H24N2O/c1-9-6-7-10(14)8-12(9)13(16)15-11-4-2-3-5-11/h9-12H,2-8,14H2,1H3,(H,15,16). The Morgan fingerprint density at radius 3 is 2.56 bits per heavy atom. The average molecular weight is 224 g/mol. The Morgan fingerprint density at radius 2 is 1.88 bits per heavy atom. The summed E-state index contributed by atoms with van der Waals surface area (Å²) in [6.07, 6.45) is 7.92. The largest absolute Gasteiger partial charge is 0.353 e. The molecular formula is C13H24N2O. The fraction of sp³-hybridized carbons (Fsp3) is 0.923. The minimum Gasteiger partial charge on any atom is -0.353 e. The molecule has 2 rings (SSSR count). The first-order chi connectivity index (χ1) is 7.66. The third-order valence-corrected chi connectivity index (χ3v) is 4.27. The van der Waals surface area contributed by atoms with E-state index in [0.717, 1.165) is 19.3 Å². The second kappa shape index (κ2) is 5.17. The highest BCUT2D eigenvalue weighted by Crippen LogP contribution is 2.29. The molecule has 0 spiro atoms. The molecule has 3 unspecified atom stereocenters. The van der Waals surface area contributed by atoms with Crippen molar-refractivity contribution in [2.75, 3.05) is 0 Å². The van der Waals surface area contributed by atoms with Gasteiger partial charge in [0, 0.05) is 18.0 Å². The van der Waals surface area contributed by atoms with E-state index in [9.17, 15) is 4.79 Å². The smallest absolute Gasteiger partial charge is 0.223 e. The van der Waals surface area contributed by atoms with Crippen LogP contribution in [0.15, 0.2) is 0 Å². The highest BCUT2D eigenvalue weighted by Gasteiger charge is 2.32. The van der Waals surface area contributed by atoms with Crippen LogP contribution in [0.4, 0.5) is 0 Å². The van der Waals surface area contributed by atoms with E-state index >= 15 is 0 Å². The van der Waals surface area contributed by atoms with Gasteiger partial charge in [-0.05, 0) is 38.0 Å². The molecule has 2 aliphatic rings. The molecule has 3 heteroatoms. The Kier molecular flexibility index (Phi) is 3.85. The molecule has 0 radical (unpaired) electrons. The molecule has 1 amide bonds. The van der Waals surface area contributed by atoms with Crippen molar-refractivity contribution < 1.29 is 4.79 Å². The molecule has 0 aliphatic heterocycles. The van der Waals surface area contributed by atoms with E-state index in [-0.39, 0.29) is 17.9 Å². The Hall–Kier alpha value is -0.570. The summed E-state index contributed by atoms with van der Waals surface area (Å²) in [6, 6.07) is 0.674. The number of rotatable bonds is 2. The number of hydrogen-bond donors (Lipinski definition) is 2. The van der Waals surface area contributed by atoms with Crippen LogP contribution in [0.2, 0.25) is 0 Å².